The molecular formula is C25H24N2O5. The maximum absolute atomic E-state index is 12.7. The molecule has 2 aliphatic carbocycles. The van der Waals surface area contributed by atoms with E-state index in [1.54, 1.807) is 24.3 Å². The molecule has 2 bridgehead atoms. The monoisotopic (exact) mass is 432 g/mol. The lowest BCUT2D eigenvalue weighted by atomic mass is 9.85. The highest BCUT2D eigenvalue weighted by atomic mass is 16.5. The van der Waals surface area contributed by atoms with Gasteiger partial charge in [0.2, 0.25) is 17.7 Å². The molecule has 1 N–H and O–H groups in total. The minimum atomic E-state index is -0.396. The van der Waals surface area contributed by atoms with Crippen molar-refractivity contribution in [3.63, 3.8) is 0 Å². The zero-order valence-corrected chi connectivity index (χ0v) is 17.7. The van der Waals surface area contributed by atoms with Crippen molar-refractivity contribution < 1.29 is 23.9 Å². The largest absolute Gasteiger partial charge is 0.494 e. The van der Waals surface area contributed by atoms with Crippen LogP contribution in [-0.2, 0) is 14.4 Å². The maximum atomic E-state index is 12.7. The van der Waals surface area contributed by atoms with Crippen molar-refractivity contribution in [2.45, 2.75) is 13.3 Å². The number of rotatable bonds is 7. The van der Waals surface area contributed by atoms with E-state index in [-0.39, 0.29) is 42.0 Å². The molecule has 2 aromatic rings. The van der Waals surface area contributed by atoms with Crippen molar-refractivity contribution in [3.8, 4) is 17.2 Å². The minimum Gasteiger partial charge on any atom is -0.494 e. The number of anilines is 1. The number of likely N-dealkylation sites (tertiary alicyclic amines) is 1. The Labute approximate surface area is 186 Å². The quantitative estimate of drug-likeness (QED) is 0.534. The van der Waals surface area contributed by atoms with Crippen molar-refractivity contribution in [2.24, 2.45) is 23.7 Å². The summed E-state index contributed by atoms with van der Waals surface area (Å²) < 4.78 is 11.2. The standard InChI is InChI=1S/C25H24N2O5/c1-2-31-18-9-11-20(12-10-18)32-19-7-5-17(6-8-19)26-21(28)14-27-24(29)22-15-3-4-16(13-15)23(22)25(27)30/h3-12,15-16,22-23H,2,13-14H2,1H3,(H,26,28). The molecular weight excluding hydrogens is 408 g/mol. The van der Waals surface area contributed by atoms with E-state index in [1.807, 2.05) is 43.3 Å². The molecule has 7 nitrogen and oxygen atoms in total. The summed E-state index contributed by atoms with van der Waals surface area (Å²) in [5, 5.41) is 2.75. The fourth-order valence-electron chi connectivity index (χ4n) is 4.98. The summed E-state index contributed by atoms with van der Waals surface area (Å²) in [5.41, 5.74) is 0.565. The molecule has 5 rings (SSSR count). The number of nitrogens with zero attached hydrogens (tertiary/aromatic N) is 1. The van der Waals surface area contributed by atoms with Crippen LogP contribution in [0.25, 0.3) is 0 Å². The Kier molecular flexibility index (Phi) is 5.17. The summed E-state index contributed by atoms with van der Waals surface area (Å²) in [6.45, 7) is 2.28. The molecule has 0 aromatic heterocycles. The van der Waals surface area contributed by atoms with E-state index in [9.17, 15) is 14.4 Å². The molecule has 1 saturated heterocycles. The molecule has 32 heavy (non-hydrogen) atoms. The second-order valence-corrected chi connectivity index (χ2v) is 8.34. The van der Waals surface area contributed by atoms with E-state index >= 15 is 0 Å². The van der Waals surface area contributed by atoms with E-state index < -0.39 is 5.91 Å². The first-order valence-corrected chi connectivity index (χ1v) is 10.9. The van der Waals surface area contributed by atoms with Gasteiger partial charge in [0.05, 0.1) is 18.4 Å². The third kappa shape index (κ3) is 3.64. The van der Waals surface area contributed by atoms with Gasteiger partial charge in [-0.15, -0.1) is 0 Å². The van der Waals surface area contributed by atoms with Crippen LogP contribution in [0.2, 0.25) is 0 Å². The first kappa shape index (κ1) is 20.3. The van der Waals surface area contributed by atoms with Gasteiger partial charge in [-0.25, -0.2) is 0 Å². The van der Waals surface area contributed by atoms with Crippen LogP contribution in [0, 0.1) is 23.7 Å². The van der Waals surface area contributed by atoms with Gasteiger partial charge in [-0.3, -0.25) is 19.3 Å². The van der Waals surface area contributed by atoms with Crippen LogP contribution in [0.5, 0.6) is 17.2 Å². The molecule has 4 atom stereocenters. The number of nitrogens with one attached hydrogen (secondary N) is 1. The molecule has 1 saturated carbocycles. The SMILES string of the molecule is CCOc1ccc(Oc2ccc(NC(=O)CN3C(=O)C4C5C=CC(C5)C4C3=O)cc2)cc1. The van der Waals surface area contributed by atoms with E-state index in [4.69, 9.17) is 9.47 Å². The number of allylic oxidation sites excluding steroid dienone is 2. The molecule has 0 spiro atoms. The normalized spacial score (nSPS) is 25.2. The molecule has 3 aliphatic rings. The summed E-state index contributed by atoms with van der Waals surface area (Å²) >= 11 is 0. The van der Waals surface area contributed by atoms with Gasteiger partial charge in [0.25, 0.3) is 0 Å². The first-order chi connectivity index (χ1) is 15.5. The number of hydrogen-bond acceptors (Lipinski definition) is 5. The van der Waals surface area contributed by atoms with Gasteiger partial charge < -0.3 is 14.8 Å². The lowest BCUT2D eigenvalue weighted by molar-refractivity contribution is -0.143. The third-order valence-corrected chi connectivity index (χ3v) is 6.37. The Balaban J connectivity index is 1.17. The molecule has 4 unspecified atom stereocenters. The van der Waals surface area contributed by atoms with Gasteiger partial charge in [-0.05, 0) is 73.7 Å². The van der Waals surface area contributed by atoms with Gasteiger partial charge >= 0.3 is 0 Å². The number of carbonyl (C=O) groups is 3. The number of carbonyl (C=O) groups excluding carboxylic acids is 3. The van der Waals surface area contributed by atoms with E-state index in [2.05, 4.69) is 5.32 Å². The highest BCUT2D eigenvalue weighted by molar-refractivity contribution is 6.09. The fraction of sp³-hybridized carbons (Fsp3) is 0.320. The third-order valence-electron chi connectivity index (χ3n) is 6.37. The van der Waals surface area contributed by atoms with Crippen molar-refractivity contribution in [1.29, 1.82) is 0 Å². The minimum absolute atomic E-state index is 0.137. The van der Waals surface area contributed by atoms with Crippen LogP contribution in [0.3, 0.4) is 0 Å². The Hall–Kier alpha value is -3.61. The summed E-state index contributed by atoms with van der Waals surface area (Å²) in [6, 6.07) is 14.2. The lowest BCUT2D eigenvalue weighted by Crippen LogP contribution is -2.39. The predicted molar refractivity (Wildman–Crippen MR) is 117 cm³/mol. The lowest BCUT2D eigenvalue weighted by Gasteiger charge is -2.17. The van der Waals surface area contributed by atoms with Crippen molar-refractivity contribution in [3.05, 3.63) is 60.7 Å². The summed E-state index contributed by atoms with van der Waals surface area (Å²) in [5.74, 6) is 0.937. The smallest absolute Gasteiger partial charge is 0.244 e. The predicted octanol–water partition coefficient (Wildman–Crippen LogP) is 3.62. The second-order valence-electron chi connectivity index (χ2n) is 8.34. The average molecular weight is 432 g/mol. The second kappa shape index (κ2) is 8.15. The Bertz CT molecular complexity index is 1050. The molecule has 3 amide bonds. The molecule has 0 radical (unpaired) electrons. The first-order valence-electron chi connectivity index (χ1n) is 10.9. The van der Waals surface area contributed by atoms with Crippen molar-refractivity contribution >= 4 is 23.4 Å². The van der Waals surface area contributed by atoms with Crippen LogP contribution >= 0.6 is 0 Å². The zero-order chi connectivity index (χ0) is 22.2. The topological polar surface area (TPSA) is 84.9 Å². The van der Waals surface area contributed by atoms with Crippen molar-refractivity contribution in [2.75, 3.05) is 18.5 Å². The van der Waals surface area contributed by atoms with Gasteiger partial charge in [0, 0.05) is 5.69 Å². The molecule has 164 valence electrons. The van der Waals surface area contributed by atoms with Crippen LogP contribution in [0.4, 0.5) is 5.69 Å². The van der Waals surface area contributed by atoms with E-state index in [1.165, 1.54) is 0 Å². The molecule has 2 aromatic carbocycles. The van der Waals surface area contributed by atoms with Crippen LogP contribution in [0.15, 0.2) is 60.7 Å². The van der Waals surface area contributed by atoms with Gasteiger partial charge in [0.1, 0.15) is 23.8 Å². The van der Waals surface area contributed by atoms with Gasteiger partial charge in [-0.2, -0.15) is 0 Å². The molecule has 1 heterocycles. The van der Waals surface area contributed by atoms with Gasteiger partial charge in [0.15, 0.2) is 0 Å². The molecule has 1 aliphatic heterocycles. The zero-order valence-electron chi connectivity index (χ0n) is 17.7. The number of ether oxygens (including phenoxy) is 2. The highest BCUT2D eigenvalue weighted by Gasteiger charge is 2.59. The van der Waals surface area contributed by atoms with Crippen LogP contribution in [0.1, 0.15) is 13.3 Å². The maximum Gasteiger partial charge on any atom is 0.244 e. The Morgan fingerprint density at radius 3 is 2.00 bits per heavy atom. The molecule has 7 heteroatoms. The number of imide groups is 1. The number of amides is 3. The summed E-state index contributed by atoms with van der Waals surface area (Å²) in [6.07, 6.45) is 4.95. The van der Waals surface area contributed by atoms with Gasteiger partial charge in [-0.1, -0.05) is 12.2 Å². The number of fused-ring (bicyclic) bond motifs is 5. The Morgan fingerprint density at radius 2 is 1.44 bits per heavy atom. The van der Waals surface area contributed by atoms with E-state index in [0.717, 1.165) is 17.1 Å². The van der Waals surface area contributed by atoms with E-state index in [0.29, 0.717) is 23.8 Å². The fourth-order valence-corrected chi connectivity index (χ4v) is 4.98. The highest BCUT2D eigenvalue weighted by Crippen LogP contribution is 2.52. The summed E-state index contributed by atoms with van der Waals surface area (Å²) in [4.78, 5) is 39.1. The van der Waals surface area contributed by atoms with Crippen molar-refractivity contribution in [1.82, 2.24) is 4.90 Å². The summed E-state index contributed by atoms with van der Waals surface area (Å²) in [7, 11) is 0. The Morgan fingerprint density at radius 1 is 0.906 bits per heavy atom. The number of benzene rings is 2. The molecule has 2 fully saturated rings. The van der Waals surface area contributed by atoms with Crippen LogP contribution in [-0.4, -0.2) is 35.8 Å². The average Bonchev–Trinajstić information content (AvgIpc) is 3.47. The number of hydrogen-bond donors (Lipinski definition) is 1. The van der Waals surface area contributed by atoms with Crippen LogP contribution < -0.4 is 14.8 Å².